The molecule has 0 heteroatoms. The molecule has 0 radical (unpaired) electrons. The van der Waals surface area contributed by atoms with Crippen molar-refractivity contribution in [1.29, 1.82) is 0 Å². The maximum atomic E-state index is 3.00. The molecule has 0 aromatic heterocycles. The highest BCUT2D eigenvalue weighted by Crippen LogP contribution is 2.78. The molecular weight excluding hydrogens is 192 g/mol. The van der Waals surface area contributed by atoms with Gasteiger partial charge in [0.1, 0.15) is 0 Å². The quantitative estimate of drug-likeness (QED) is 0.580. The van der Waals surface area contributed by atoms with Crippen molar-refractivity contribution in [3.05, 3.63) is 13.2 Å². The Bertz CT molecular complexity index is 222. The summed E-state index contributed by atoms with van der Waals surface area (Å²) in [5.74, 6) is 5.38. The van der Waals surface area contributed by atoms with Crippen LogP contribution in [0.15, 0.2) is 13.2 Å². The van der Waals surface area contributed by atoms with Crippen molar-refractivity contribution in [3.8, 4) is 0 Å². The van der Waals surface area contributed by atoms with Crippen LogP contribution in [-0.4, -0.2) is 0 Å². The van der Waals surface area contributed by atoms with E-state index in [9.17, 15) is 0 Å². The molecule has 16 heavy (non-hydrogen) atoms. The van der Waals surface area contributed by atoms with E-state index in [1.807, 2.05) is 0 Å². The normalized spacial score (nSPS) is 49.9. The summed E-state index contributed by atoms with van der Waals surface area (Å²) in [4.78, 5) is 0. The van der Waals surface area contributed by atoms with E-state index in [-0.39, 0.29) is 0 Å². The smallest absolute Gasteiger partial charge is 0.0209 e. The van der Waals surface area contributed by atoms with Gasteiger partial charge in [0.15, 0.2) is 0 Å². The molecule has 0 saturated heterocycles. The SMILES string of the molecule is C=C.CC1C2C(C)C1(CC1CCCC1)C2C. The van der Waals surface area contributed by atoms with Gasteiger partial charge >= 0.3 is 0 Å². The van der Waals surface area contributed by atoms with Gasteiger partial charge in [-0.2, -0.15) is 0 Å². The van der Waals surface area contributed by atoms with Gasteiger partial charge in [-0.15, -0.1) is 13.2 Å². The summed E-state index contributed by atoms with van der Waals surface area (Å²) in [6.07, 6.45) is 7.69. The van der Waals surface area contributed by atoms with Crippen LogP contribution in [0, 0.1) is 35.0 Å². The third-order valence-corrected chi connectivity index (χ3v) is 6.39. The molecule has 0 aliphatic heterocycles. The first-order chi connectivity index (χ1) is 7.68. The molecule has 3 atom stereocenters. The Labute approximate surface area is 102 Å². The first kappa shape index (κ1) is 12.2. The minimum absolute atomic E-state index is 0.805. The zero-order chi connectivity index (χ0) is 11.9. The van der Waals surface area contributed by atoms with Gasteiger partial charge in [-0.3, -0.25) is 0 Å². The molecule has 0 N–H and O–H groups in total. The second-order valence-corrected chi connectivity index (χ2v) is 6.41. The summed E-state index contributed by atoms with van der Waals surface area (Å²) in [5.41, 5.74) is 0.805. The van der Waals surface area contributed by atoms with Crippen LogP contribution in [0.4, 0.5) is 0 Å². The van der Waals surface area contributed by atoms with Crippen molar-refractivity contribution >= 4 is 0 Å². The maximum Gasteiger partial charge on any atom is -0.0209 e. The minimum Gasteiger partial charge on any atom is -0.106 e. The fourth-order valence-electron chi connectivity index (χ4n) is 5.53. The standard InChI is InChI=1S/C14H24.C2H4/c1-9-13-10(2)14(9,11(13)3)8-12-6-4-5-7-12;1-2/h9-13H,4-8H2,1-3H3;1-2H2. The number of hydrogen-bond donors (Lipinski definition) is 0. The van der Waals surface area contributed by atoms with Crippen LogP contribution in [0.3, 0.4) is 0 Å². The highest BCUT2D eigenvalue weighted by atomic mass is 14.8. The van der Waals surface area contributed by atoms with Crippen LogP contribution >= 0.6 is 0 Å². The van der Waals surface area contributed by atoms with Crippen LogP contribution in [0.25, 0.3) is 0 Å². The van der Waals surface area contributed by atoms with Gasteiger partial charge in [0.05, 0.1) is 0 Å². The lowest BCUT2D eigenvalue weighted by Gasteiger charge is -2.78. The van der Waals surface area contributed by atoms with E-state index in [0.717, 1.165) is 35.0 Å². The molecule has 2 bridgehead atoms. The molecule has 0 aromatic rings. The third kappa shape index (κ3) is 1.28. The molecule has 0 heterocycles. The second kappa shape index (κ2) is 4.20. The molecule has 0 spiro atoms. The van der Waals surface area contributed by atoms with Crippen molar-refractivity contribution in [2.75, 3.05) is 0 Å². The van der Waals surface area contributed by atoms with Gasteiger partial charge in [0.25, 0.3) is 0 Å². The zero-order valence-corrected chi connectivity index (χ0v) is 11.3. The molecule has 4 aliphatic carbocycles. The molecule has 4 aliphatic rings. The molecule has 3 unspecified atom stereocenters. The van der Waals surface area contributed by atoms with Gasteiger partial charge in [0.2, 0.25) is 0 Å². The van der Waals surface area contributed by atoms with Gasteiger partial charge in [-0.05, 0) is 41.4 Å². The number of hydrogen-bond acceptors (Lipinski definition) is 0. The van der Waals surface area contributed by atoms with Crippen molar-refractivity contribution in [2.45, 2.75) is 52.9 Å². The summed E-state index contributed by atoms with van der Waals surface area (Å²) in [7, 11) is 0. The molecular formula is C16H28. The highest BCUT2D eigenvalue weighted by molar-refractivity contribution is 5.20. The Hall–Kier alpha value is -0.260. The lowest BCUT2D eigenvalue weighted by Crippen LogP contribution is -2.74. The van der Waals surface area contributed by atoms with Crippen LogP contribution in [0.1, 0.15) is 52.9 Å². The van der Waals surface area contributed by atoms with Gasteiger partial charge in [-0.25, -0.2) is 0 Å². The molecule has 0 amide bonds. The fourth-order valence-corrected chi connectivity index (χ4v) is 5.53. The first-order valence-corrected chi connectivity index (χ1v) is 7.18. The zero-order valence-electron chi connectivity index (χ0n) is 11.3. The van der Waals surface area contributed by atoms with Crippen molar-refractivity contribution in [1.82, 2.24) is 0 Å². The van der Waals surface area contributed by atoms with Crippen LogP contribution < -0.4 is 0 Å². The lowest BCUT2D eigenvalue weighted by molar-refractivity contribution is -0.311. The molecule has 0 aromatic carbocycles. The summed E-state index contributed by atoms with van der Waals surface area (Å²) in [5, 5.41) is 0. The Morgan fingerprint density at radius 1 is 0.938 bits per heavy atom. The summed E-state index contributed by atoms with van der Waals surface area (Å²) >= 11 is 0. The monoisotopic (exact) mass is 220 g/mol. The molecule has 4 rings (SSSR count). The Morgan fingerprint density at radius 2 is 1.38 bits per heavy atom. The fraction of sp³-hybridized carbons (Fsp3) is 0.875. The Morgan fingerprint density at radius 3 is 1.75 bits per heavy atom. The van der Waals surface area contributed by atoms with Gasteiger partial charge < -0.3 is 0 Å². The van der Waals surface area contributed by atoms with E-state index in [4.69, 9.17) is 0 Å². The molecule has 4 saturated carbocycles. The number of rotatable bonds is 2. The van der Waals surface area contributed by atoms with E-state index in [1.54, 1.807) is 19.3 Å². The molecule has 92 valence electrons. The average Bonchev–Trinajstić information content (AvgIpc) is 2.83. The van der Waals surface area contributed by atoms with Crippen molar-refractivity contribution in [3.63, 3.8) is 0 Å². The summed E-state index contributed by atoms with van der Waals surface area (Å²) in [6, 6.07) is 0. The minimum atomic E-state index is 0.805. The average molecular weight is 220 g/mol. The molecule has 4 fully saturated rings. The van der Waals surface area contributed by atoms with Gasteiger partial charge in [0, 0.05) is 0 Å². The van der Waals surface area contributed by atoms with Crippen LogP contribution in [0.2, 0.25) is 0 Å². The topological polar surface area (TPSA) is 0 Å². The predicted octanol–water partition coefficient (Wildman–Crippen LogP) is 4.91. The Balaban J connectivity index is 0.000000457. The highest BCUT2D eigenvalue weighted by Gasteiger charge is 2.73. The van der Waals surface area contributed by atoms with Crippen LogP contribution in [0.5, 0.6) is 0 Å². The molecule has 0 nitrogen and oxygen atoms in total. The van der Waals surface area contributed by atoms with Crippen LogP contribution in [-0.2, 0) is 0 Å². The largest absolute Gasteiger partial charge is 0.106 e. The maximum absolute atomic E-state index is 3.00. The lowest BCUT2D eigenvalue weighted by atomic mass is 9.26. The first-order valence-electron chi connectivity index (χ1n) is 7.18. The van der Waals surface area contributed by atoms with E-state index in [1.165, 1.54) is 12.8 Å². The van der Waals surface area contributed by atoms with E-state index in [0.29, 0.717) is 0 Å². The van der Waals surface area contributed by atoms with Gasteiger partial charge in [-0.1, -0.05) is 46.5 Å². The van der Waals surface area contributed by atoms with E-state index < -0.39 is 0 Å². The second-order valence-electron chi connectivity index (χ2n) is 6.41. The summed E-state index contributed by atoms with van der Waals surface area (Å²) < 4.78 is 0. The summed E-state index contributed by atoms with van der Waals surface area (Å²) in [6.45, 7) is 13.5. The van der Waals surface area contributed by atoms with E-state index >= 15 is 0 Å². The predicted molar refractivity (Wildman–Crippen MR) is 71.2 cm³/mol. The third-order valence-electron chi connectivity index (χ3n) is 6.39. The van der Waals surface area contributed by atoms with Crippen molar-refractivity contribution < 1.29 is 0 Å². The van der Waals surface area contributed by atoms with E-state index in [2.05, 4.69) is 33.9 Å². The van der Waals surface area contributed by atoms with Crippen molar-refractivity contribution in [2.24, 2.45) is 35.0 Å². The Kier molecular flexibility index (Phi) is 3.20.